The van der Waals surface area contributed by atoms with E-state index in [1.165, 1.54) is 6.07 Å². The fourth-order valence-electron chi connectivity index (χ4n) is 5.97. The van der Waals surface area contributed by atoms with Crippen LogP contribution in [0.1, 0.15) is 64.7 Å². The Hall–Kier alpha value is -4.03. The first kappa shape index (κ1) is 29.1. The number of rotatable bonds is 8. The van der Waals surface area contributed by atoms with Crippen molar-refractivity contribution < 1.29 is 28.3 Å². The van der Waals surface area contributed by atoms with Crippen LogP contribution in [0.15, 0.2) is 48.5 Å². The molecule has 2 atom stereocenters. The highest BCUT2D eigenvalue weighted by atomic mass is 31.1. The number of halogens is 1. The number of hydrogen-bond donors (Lipinski definition) is 1. The zero-order valence-electron chi connectivity index (χ0n) is 24.0. The van der Waals surface area contributed by atoms with Gasteiger partial charge in [-0.2, -0.15) is 5.26 Å². The molecule has 3 aromatic carbocycles. The topological polar surface area (TPSA) is 110 Å². The van der Waals surface area contributed by atoms with Crippen LogP contribution in [0.5, 0.6) is 17.2 Å². The van der Waals surface area contributed by atoms with Gasteiger partial charge in [-0.05, 0) is 69.1 Å². The highest BCUT2D eigenvalue weighted by molar-refractivity contribution is 7.53. The van der Waals surface area contributed by atoms with Crippen molar-refractivity contribution in [2.24, 2.45) is 7.05 Å². The number of hydrogen-bond acceptors (Lipinski definition) is 8. The summed E-state index contributed by atoms with van der Waals surface area (Å²) in [5, 5.41) is 9.04. The molecule has 9 nitrogen and oxygen atoms in total. The highest BCUT2D eigenvalue weighted by Crippen LogP contribution is 2.44. The summed E-state index contributed by atoms with van der Waals surface area (Å²) in [5.74, 6) is 2.55. The van der Waals surface area contributed by atoms with Crippen molar-refractivity contribution in [3.8, 4) is 23.3 Å². The van der Waals surface area contributed by atoms with Gasteiger partial charge in [0.25, 0.3) is 0 Å². The van der Waals surface area contributed by atoms with Crippen molar-refractivity contribution >= 4 is 25.4 Å². The van der Waals surface area contributed by atoms with E-state index < -0.39 is 20.7 Å². The van der Waals surface area contributed by atoms with Gasteiger partial charge in [-0.25, -0.2) is 9.37 Å². The smallest absolute Gasteiger partial charge is 0.208 e. The number of likely N-dealkylation sites (tertiary alicyclic amines) is 1. The molecule has 4 aromatic rings. The van der Waals surface area contributed by atoms with Crippen LogP contribution >= 0.6 is 8.81 Å². The minimum atomic E-state index is -0.810. The Bertz CT molecular complexity index is 1730. The van der Waals surface area contributed by atoms with Crippen molar-refractivity contribution in [1.82, 2.24) is 14.5 Å². The lowest BCUT2D eigenvalue weighted by Crippen LogP contribution is -2.33. The van der Waals surface area contributed by atoms with Crippen molar-refractivity contribution in [2.45, 2.75) is 38.3 Å². The maximum Gasteiger partial charge on any atom is 0.208 e. The Morgan fingerprint density at radius 1 is 1.21 bits per heavy atom. The second-order valence-corrected chi connectivity index (χ2v) is 11.5. The molecule has 0 saturated carbocycles. The van der Waals surface area contributed by atoms with Gasteiger partial charge in [0.2, 0.25) is 5.52 Å². The van der Waals surface area contributed by atoms with Crippen molar-refractivity contribution in [1.29, 1.82) is 5.26 Å². The van der Waals surface area contributed by atoms with E-state index in [0.717, 1.165) is 48.6 Å². The number of aryl methyl sites for hydroxylation is 1. The molecule has 3 heterocycles. The second-order valence-electron chi connectivity index (χ2n) is 10.8. The summed E-state index contributed by atoms with van der Waals surface area (Å²) in [6.07, 6.45) is 1.27. The largest absolute Gasteiger partial charge is 0.492 e. The van der Waals surface area contributed by atoms with E-state index in [2.05, 4.69) is 11.0 Å². The van der Waals surface area contributed by atoms with Gasteiger partial charge in [0.15, 0.2) is 17.6 Å². The third kappa shape index (κ3) is 5.68. The van der Waals surface area contributed by atoms with Crippen molar-refractivity contribution in [3.05, 3.63) is 82.4 Å². The predicted molar refractivity (Wildman–Crippen MR) is 160 cm³/mol. The third-order valence-corrected chi connectivity index (χ3v) is 8.73. The molecule has 11 heteroatoms. The highest BCUT2D eigenvalue weighted by Gasteiger charge is 2.31. The second kappa shape index (κ2) is 12.3. The van der Waals surface area contributed by atoms with Crippen LogP contribution < -0.4 is 14.2 Å². The maximum atomic E-state index is 14.6. The number of nitriles is 1. The quantitative estimate of drug-likeness (QED) is 0.260. The van der Waals surface area contributed by atoms with Gasteiger partial charge in [-0.1, -0.05) is 18.2 Å². The van der Waals surface area contributed by atoms with Crippen LogP contribution in [-0.2, 0) is 13.6 Å². The molecule has 1 N–H and O–H groups in total. The number of carbonyl (C=O) groups is 1. The number of nitrogens with zero attached hydrogens (tertiary/aromatic N) is 4. The Kier molecular flexibility index (Phi) is 8.31. The molecule has 0 aliphatic carbocycles. The standard InChI is InChI=1S/C32H32FN4O5P/c1-3-40-27-15-21(32(38)43-39)14-25-30(27)35-29(36(25)2)17-37-11-9-20(10-12-37)22-5-4-6-26-31(22)41-18-28(42-26)23-8-7-19(16-34)13-24(23)33/h4-8,13-15,20,28,39,43H,3,9-12,17-18H2,1-2H3/t28-/m1/s1. The fraction of sp³-hybridized carbons (Fsp3) is 0.344. The SMILES string of the molecule is CCOc1cc(C(=O)PO)cc2c1nc(CN1CCC(c3cccc4c3OC[C@H](c3ccc(C#N)cc3F)O4)CC1)n2C. The van der Waals surface area contributed by atoms with Crippen LogP contribution in [0.4, 0.5) is 4.39 Å². The van der Waals surface area contributed by atoms with Gasteiger partial charge in [0.1, 0.15) is 29.5 Å². The first-order chi connectivity index (χ1) is 20.9. The van der Waals surface area contributed by atoms with E-state index in [4.69, 9.17) is 24.5 Å². The van der Waals surface area contributed by atoms with Gasteiger partial charge in [-0.3, -0.25) is 9.69 Å². The number of ether oxygens (including phenoxy) is 3. The molecule has 1 unspecified atom stereocenters. The molecular formula is C32H32FN4O5P. The number of piperidine rings is 1. The number of aromatic nitrogens is 2. The van der Waals surface area contributed by atoms with E-state index in [-0.39, 0.29) is 23.6 Å². The molecule has 1 fully saturated rings. The summed E-state index contributed by atoms with van der Waals surface area (Å²) in [4.78, 5) is 28.9. The summed E-state index contributed by atoms with van der Waals surface area (Å²) < 4.78 is 34.8. The molecule has 6 rings (SSSR count). The van der Waals surface area contributed by atoms with Crippen LogP contribution in [0.25, 0.3) is 11.0 Å². The van der Waals surface area contributed by atoms with Gasteiger partial charge in [-0.15, -0.1) is 0 Å². The molecule has 1 aromatic heterocycles. The molecule has 1 saturated heterocycles. The number of imidazole rings is 1. The number of carbonyl (C=O) groups excluding carboxylic acids is 1. The zero-order chi connectivity index (χ0) is 30.1. The molecule has 2 aliphatic heterocycles. The first-order valence-corrected chi connectivity index (χ1v) is 15.3. The number of fused-ring (bicyclic) bond motifs is 2. The molecule has 2 aliphatic rings. The lowest BCUT2D eigenvalue weighted by atomic mass is 9.88. The fourth-order valence-corrected chi connectivity index (χ4v) is 6.24. The van der Waals surface area contributed by atoms with Gasteiger partial charge < -0.3 is 23.7 Å². The summed E-state index contributed by atoms with van der Waals surface area (Å²) in [6.45, 7) is 4.90. The molecule has 0 spiro atoms. The van der Waals surface area contributed by atoms with Crippen molar-refractivity contribution in [2.75, 3.05) is 26.3 Å². The molecular weight excluding hydrogens is 570 g/mol. The number of benzene rings is 3. The average Bonchev–Trinajstić information content (AvgIpc) is 3.35. The minimum Gasteiger partial charge on any atom is -0.492 e. The Morgan fingerprint density at radius 3 is 2.74 bits per heavy atom. The van der Waals surface area contributed by atoms with E-state index >= 15 is 0 Å². The normalized spacial score (nSPS) is 17.4. The Morgan fingerprint density at radius 2 is 2.02 bits per heavy atom. The lowest BCUT2D eigenvalue weighted by Gasteiger charge is -2.34. The van der Waals surface area contributed by atoms with Crippen LogP contribution in [-0.4, -0.2) is 51.2 Å². The Balaban J connectivity index is 1.15. The minimum absolute atomic E-state index is 0.189. The molecule has 0 amide bonds. The third-order valence-electron chi connectivity index (χ3n) is 8.23. The van der Waals surface area contributed by atoms with Crippen LogP contribution in [0.3, 0.4) is 0 Å². The summed E-state index contributed by atoms with van der Waals surface area (Å²) in [5.41, 5.74) is 3.32. The van der Waals surface area contributed by atoms with Gasteiger partial charge in [0, 0.05) is 23.7 Å². The molecule has 43 heavy (non-hydrogen) atoms. The maximum absolute atomic E-state index is 14.6. The van der Waals surface area contributed by atoms with Gasteiger partial charge in [0.05, 0.1) is 39.1 Å². The lowest BCUT2D eigenvalue weighted by molar-refractivity contribution is 0.0863. The van der Waals surface area contributed by atoms with Gasteiger partial charge >= 0.3 is 0 Å². The monoisotopic (exact) mass is 602 g/mol. The van der Waals surface area contributed by atoms with Crippen molar-refractivity contribution in [3.63, 3.8) is 0 Å². The summed E-state index contributed by atoms with van der Waals surface area (Å²) >= 11 is 0. The van der Waals surface area contributed by atoms with E-state index in [1.54, 1.807) is 24.3 Å². The van der Waals surface area contributed by atoms with Crippen LogP contribution in [0.2, 0.25) is 0 Å². The molecule has 0 bridgehead atoms. The molecule has 222 valence electrons. The summed E-state index contributed by atoms with van der Waals surface area (Å²) in [7, 11) is 1.13. The summed E-state index contributed by atoms with van der Waals surface area (Å²) in [6, 6.07) is 15.7. The predicted octanol–water partition coefficient (Wildman–Crippen LogP) is 5.60. The van der Waals surface area contributed by atoms with E-state index in [9.17, 15) is 14.1 Å². The average molecular weight is 603 g/mol. The number of para-hydroxylation sites is 1. The van der Waals surface area contributed by atoms with Crippen LogP contribution in [0, 0.1) is 17.1 Å². The van der Waals surface area contributed by atoms with E-state index in [0.29, 0.717) is 41.3 Å². The molecule has 0 radical (unpaired) electrons. The van der Waals surface area contributed by atoms with E-state index in [1.807, 2.05) is 36.7 Å². The first-order valence-electron chi connectivity index (χ1n) is 14.3. The Labute approximate surface area is 250 Å². The zero-order valence-corrected chi connectivity index (χ0v) is 25.0.